The minimum Gasteiger partial charge on any atom is -0.324 e. The molecule has 1 atom stereocenters. The highest BCUT2D eigenvalue weighted by Gasteiger charge is 2.33. The van der Waals surface area contributed by atoms with Crippen molar-refractivity contribution in [2.24, 2.45) is 18.2 Å². The monoisotopic (exact) mass is 272 g/mol. The first-order chi connectivity index (χ1) is 9.41. The van der Waals surface area contributed by atoms with Crippen LogP contribution in [-0.4, -0.2) is 14.3 Å². The molecule has 0 saturated heterocycles. The molecule has 1 aliphatic rings. The Morgan fingerprint density at radius 2 is 2.20 bits per heavy atom. The van der Waals surface area contributed by atoms with E-state index in [9.17, 15) is 0 Å². The maximum absolute atomic E-state index is 6.35. The molecule has 0 saturated carbocycles. The van der Waals surface area contributed by atoms with Crippen molar-refractivity contribution in [3.63, 3.8) is 0 Å². The zero-order valence-electron chi connectivity index (χ0n) is 12.8. The molecule has 0 aromatic carbocycles. The highest BCUT2D eigenvalue weighted by atomic mass is 15.3. The summed E-state index contributed by atoms with van der Waals surface area (Å²) >= 11 is 0. The molecule has 2 N–H and O–H groups in total. The Hall–Kier alpha value is -1.55. The lowest BCUT2D eigenvalue weighted by Crippen LogP contribution is -2.30. The van der Waals surface area contributed by atoms with Crippen LogP contribution in [0.2, 0.25) is 0 Å². The summed E-state index contributed by atoms with van der Waals surface area (Å²) in [7, 11) is 1.98. The average Bonchev–Trinajstić information content (AvgIpc) is 2.90. The first-order valence-electron chi connectivity index (χ1n) is 7.40. The number of aryl methyl sites for hydroxylation is 2. The molecule has 0 fully saturated rings. The summed E-state index contributed by atoms with van der Waals surface area (Å²) in [5, 5.41) is 4.55. The van der Waals surface area contributed by atoms with Crippen LogP contribution >= 0.6 is 0 Å². The van der Waals surface area contributed by atoms with Crippen molar-refractivity contribution in [3.05, 3.63) is 35.4 Å². The molecule has 2 aromatic rings. The second-order valence-corrected chi connectivity index (χ2v) is 6.73. The molecule has 2 aromatic heterocycles. The van der Waals surface area contributed by atoms with E-state index in [4.69, 9.17) is 5.73 Å². The van der Waals surface area contributed by atoms with Gasteiger partial charge in [0.2, 0.25) is 0 Å². The number of nitrogens with two attached hydrogens (primary N) is 1. The number of aromatic nitrogens is 3. The highest BCUT2D eigenvalue weighted by molar-refractivity contribution is 5.42. The second kappa shape index (κ2) is 4.48. The van der Waals surface area contributed by atoms with E-state index in [-0.39, 0.29) is 11.5 Å². The van der Waals surface area contributed by atoms with Crippen molar-refractivity contribution < 1.29 is 0 Å². The van der Waals surface area contributed by atoms with Crippen LogP contribution < -0.4 is 5.73 Å². The Morgan fingerprint density at radius 3 is 2.90 bits per heavy atom. The van der Waals surface area contributed by atoms with E-state index in [0.29, 0.717) is 0 Å². The van der Waals surface area contributed by atoms with Crippen molar-refractivity contribution in [2.45, 2.75) is 46.1 Å². The summed E-state index contributed by atoms with van der Waals surface area (Å²) in [5.41, 5.74) is 11.6. The largest absolute Gasteiger partial charge is 0.324 e. The minimum atomic E-state index is 0.150. The van der Waals surface area contributed by atoms with Crippen molar-refractivity contribution in [2.75, 3.05) is 0 Å². The molecule has 0 aliphatic heterocycles. The minimum absolute atomic E-state index is 0.150. The van der Waals surface area contributed by atoms with Gasteiger partial charge in [0.05, 0.1) is 11.4 Å². The summed E-state index contributed by atoms with van der Waals surface area (Å²) in [4.78, 5) is 0. The molecule has 3 rings (SSSR count). The molecule has 2 heterocycles. The topological polar surface area (TPSA) is 48.8 Å². The fraction of sp³-hybridized carbons (Fsp3) is 0.562. The van der Waals surface area contributed by atoms with Gasteiger partial charge in [0.1, 0.15) is 0 Å². The maximum atomic E-state index is 6.35. The Balaban J connectivity index is 2.13. The van der Waals surface area contributed by atoms with Crippen LogP contribution in [0, 0.1) is 5.41 Å². The summed E-state index contributed by atoms with van der Waals surface area (Å²) in [6.45, 7) is 6.76. The third-order valence-corrected chi connectivity index (χ3v) is 4.32. The molecule has 4 nitrogen and oxygen atoms in total. The smallest absolute Gasteiger partial charge is 0.0868 e. The summed E-state index contributed by atoms with van der Waals surface area (Å²) in [6.07, 6.45) is 7.33. The Labute approximate surface area is 120 Å². The van der Waals surface area contributed by atoms with Crippen LogP contribution in [0.3, 0.4) is 0 Å². The number of rotatable bonds is 2. The Morgan fingerprint density at radius 1 is 1.45 bits per heavy atom. The number of nitrogens with zero attached hydrogens (tertiary/aromatic N) is 3. The van der Waals surface area contributed by atoms with E-state index in [0.717, 1.165) is 25.0 Å². The van der Waals surface area contributed by atoms with E-state index in [1.54, 1.807) is 0 Å². The van der Waals surface area contributed by atoms with Crippen molar-refractivity contribution in [1.82, 2.24) is 14.3 Å². The Bertz CT molecular complexity index is 633. The van der Waals surface area contributed by atoms with Gasteiger partial charge in [-0.2, -0.15) is 5.10 Å². The van der Waals surface area contributed by atoms with Crippen LogP contribution in [0.5, 0.6) is 0 Å². The zero-order valence-corrected chi connectivity index (χ0v) is 12.8. The lowest BCUT2D eigenvalue weighted by Gasteiger charge is -2.34. The normalized spacial score (nSPS) is 20.9. The van der Waals surface area contributed by atoms with Gasteiger partial charge in [-0.1, -0.05) is 20.8 Å². The lowest BCUT2D eigenvalue weighted by atomic mass is 9.74. The van der Waals surface area contributed by atoms with E-state index in [1.807, 2.05) is 11.7 Å². The van der Waals surface area contributed by atoms with Gasteiger partial charge in [0.25, 0.3) is 0 Å². The van der Waals surface area contributed by atoms with Crippen LogP contribution in [0.4, 0.5) is 0 Å². The molecular formula is C16H24N4. The van der Waals surface area contributed by atoms with E-state index in [2.05, 4.69) is 48.9 Å². The molecule has 0 bridgehead atoms. The predicted molar refractivity (Wildman–Crippen MR) is 80.9 cm³/mol. The molecule has 1 aliphatic carbocycles. The van der Waals surface area contributed by atoms with Crippen molar-refractivity contribution >= 4 is 0 Å². The highest BCUT2D eigenvalue weighted by Crippen LogP contribution is 2.40. The molecule has 20 heavy (non-hydrogen) atoms. The summed E-state index contributed by atoms with van der Waals surface area (Å²) < 4.78 is 4.19. The van der Waals surface area contributed by atoms with Crippen molar-refractivity contribution in [3.8, 4) is 5.69 Å². The standard InChI is InChI=1S/C16H24N4/c1-5-13-15(10-19(4)18-13)20-7-6-11-12(17)8-16(2,3)9-14(11)20/h6-7,10,12H,5,8-9,17H2,1-4H3. The molecule has 0 spiro atoms. The predicted octanol–water partition coefficient (Wildman–Crippen LogP) is 2.75. The van der Waals surface area contributed by atoms with Crippen LogP contribution in [0.25, 0.3) is 5.69 Å². The molecule has 0 amide bonds. The van der Waals surface area contributed by atoms with Crippen LogP contribution in [0.1, 0.15) is 50.2 Å². The van der Waals surface area contributed by atoms with Gasteiger partial charge >= 0.3 is 0 Å². The van der Waals surface area contributed by atoms with E-state index in [1.165, 1.54) is 16.9 Å². The van der Waals surface area contributed by atoms with E-state index < -0.39 is 0 Å². The summed E-state index contributed by atoms with van der Waals surface area (Å²) in [5.74, 6) is 0. The van der Waals surface area contributed by atoms with Crippen LogP contribution in [0.15, 0.2) is 18.5 Å². The van der Waals surface area contributed by atoms with Gasteiger partial charge < -0.3 is 10.3 Å². The fourth-order valence-corrected chi connectivity index (χ4v) is 3.44. The molecular weight excluding hydrogens is 248 g/mol. The third-order valence-electron chi connectivity index (χ3n) is 4.32. The molecule has 4 heteroatoms. The zero-order chi connectivity index (χ0) is 14.5. The first-order valence-corrected chi connectivity index (χ1v) is 7.40. The van der Waals surface area contributed by atoms with Crippen LogP contribution in [-0.2, 0) is 19.9 Å². The van der Waals surface area contributed by atoms with E-state index >= 15 is 0 Å². The quantitative estimate of drug-likeness (QED) is 0.914. The number of hydrogen-bond donors (Lipinski definition) is 1. The molecule has 1 unspecified atom stereocenters. The van der Waals surface area contributed by atoms with Gasteiger partial charge in [-0.05, 0) is 36.3 Å². The SMILES string of the molecule is CCc1nn(C)cc1-n1ccc2c1CC(C)(C)CC2N. The van der Waals surface area contributed by atoms with Gasteiger partial charge in [-0.25, -0.2) is 0 Å². The number of fused-ring (bicyclic) bond motifs is 1. The number of hydrogen-bond acceptors (Lipinski definition) is 2. The fourth-order valence-electron chi connectivity index (χ4n) is 3.44. The summed E-state index contributed by atoms with van der Waals surface area (Å²) in [6, 6.07) is 2.33. The second-order valence-electron chi connectivity index (χ2n) is 6.73. The van der Waals surface area contributed by atoms with Gasteiger partial charge in [-0.3, -0.25) is 4.68 Å². The molecule has 0 radical (unpaired) electrons. The van der Waals surface area contributed by atoms with Gasteiger partial charge in [0.15, 0.2) is 0 Å². The molecule has 108 valence electrons. The third kappa shape index (κ3) is 2.08. The lowest BCUT2D eigenvalue weighted by molar-refractivity contribution is 0.278. The van der Waals surface area contributed by atoms with Gasteiger partial charge in [-0.15, -0.1) is 0 Å². The first kappa shape index (κ1) is 13.4. The van der Waals surface area contributed by atoms with Gasteiger partial charge in [0, 0.05) is 31.2 Å². The average molecular weight is 272 g/mol. The van der Waals surface area contributed by atoms with Crippen molar-refractivity contribution in [1.29, 1.82) is 0 Å². The Kier molecular flexibility index (Phi) is 3.01. The maximum Gasteiger partial charge on any atom is 0.0868 e.